The zero-order valence-corrected chi connectivity index (χ0v) is 13.0. The first-order valence-electron chi connectivity index (χ1n) is 6.43. The highest BCUT2D eigenvalue weighted by Crippen LogP contribution is 2.27. The van der Waals surface area contributed by atoms with Gasteiger partial charge in [-0.1, -0.05) is 32.4 Å². The van der Waals surface area contributed by atoms with E-state index < -0.39 is 0 Å². The summed E-state index contributed by atoms with van der Waals surface area (Å²) in [6, 6.07) is 4.67. The van der Waals surface area contributed by atoms with Crippen LogP contribution in [0.5, 0.6) is 0 Å². The molecule has 2 nitrogen and oxygen atoms in total. The lowest BCUT2D eigenvalue weighted by molar-refractivity contribution is -0.00937. The monoisotopic (exact) mass is 287 g/mol. The Bertz CT molecular complexity index is 417. The number of hydrogen-bond acceptors (Lipinski definition) is 2. The minimum absolute atomic E-state index is 0.0177. The molecule has 19 heavy (non-hydrogen) atoms. The molecule has 2 atom stereocenters. The molecule has 0 saturated heterocycles. The third-order valence-electron chi connectivity index (χ3n) is 3.29. The third-order valence-corrected chi connectivity index (χ3v) is 3.53. The molecule has 0 fully saturated rings. The number of benzene rings is 1. The molecule has 1 rings (SSSR count). The maximum absolute atomic E-state index is 13.8. The summed E-state index contributed by atoms with van der Waals surface area (Å²) in [5.74, 6) is -0.228. The van der Waals surface area contributed by atoms with Gasteiger partial charge in [0.1, 0.15) is 5.82 Å². The summed E-state index contributed by atoms with van der Waals surface area (Å²) >= 11 is 5.93. The van der Waals surface area contributed by atoms with E-state index in [9.17, 15) is 4.39 Å². The van der Waals surface area contributed by atoms with Crippen LogP contribution in [-0.4, -0.2) is 26.3 Å². The van der Waals surface area contributed by atoms with Gasteiger partial charge in [-0.25, -0.2) is 4.39 Å². The number of likely N-dealkylation sites (N-methyl/N-ethyl adjacent to an activating group) is 1. The molecule has 2 unspecified atom stereocenters. The second-order valence-electron chi connectivity index (χ2n) is 5.86. The molecular weight excluding hydrogens is 265 g/mol. The van der Waals surface area contributed by atoms with Gasteiger partial charge in [-0.05, 0) is 42.6 Å². The SMILES string of the molecule is CNC(Cc1cc(Cl)ccc1F)C(OC)C(C)(C)C. The first-order chi connectivity index (χ1) is 8.79. The Labute approximate surface area is 120 Å². The number of methoxy groups -OCH3 is 1. The van der Waals surface area contributed by atoms with Crippen LogP contribution < -0.4 is 5.32 Å². The summed E-state index contributed by atoms with van der Waals surface area (Å²) in [6.45, 7) is 6.33. The van der Waals surface area contributed by atoms with Gasteiger partial charge in [0.15, 0.2) is 0 Å². The molecule has 0 saturated carbocycles. The first-order valence-corrected chi connectivity index (χ1v) is 6.81. The maximum atomic E-state index is 13.8. The number of nitrogens with one attached hydrogen (secondary N) is 1. The molecular formula is C15H23ClFNO. The van der Waals surface area contributed by atoms with E-state index >= 15 is 0 Å². The highest BCUT2D eigenvalue weighted by Gasteiger charge is 2.32. The van der Waals surface area contributed by atoms with Crippen LogP contribution in [0.4, 0.5) is 4.39 Å². The highest BCUT2D eigenvalue weighted by atomic mass is 35.5. The number of rotatable bonds is 5. The Morgan fingerprint density at radius 3 is 2.47 bits per heavy atom. The van der Waals surface area contributed by atoms with Crippen molar-refractivity contribution in [1.82, 2.24) is 5.32 Å². The van der Waals surface area contributed by atoms with Gasteiger partial charge in [-0.15, -0.1) is 0 Å². The van der Waals surface area contributed by atoms with Crippen molar-refractivity contribution in [3.05, 3.63) is 34.6 Å². The Balaban J connectivity index is 2.95. The minimum atomic E-state index is -0.228. The molecule has 4 heteroatoms. The van der Waals surface area contributed by atoms with Crippen molar-refractivity contribution < 1.29 is 9.13 Å². The molecule has 108 valence electrons. The van der Waals surface area contributed by atoms with Crippen LogP contribution in [0.2, 0.25) is 5.02 Å². The van der Waals surface area contributed by atoms with E-state index in [1.54, 1.807) is 19.2 Å². The summed E-state index contributed by atoms with van der Waals surface area (Å²) in [7, 11) is 3.56. The van der Waals surface area contributed by atoms with Crippen molar-refractivity contribution in [2.24, 2.45) is 5.41 Å². The van der Waals surface area contributed by atoms with Crippen LogP contribution in [-0.2, 0) is 11.2 Å². The highest BCUT2D eigenvalue weighted by molar-refractivity contribution is 6.30. The van der Waals surface area contributed by atoms with Crippen LogP contribution in [0, 0.1) is 11.2 Å². The minimum Gasteiger partial charge on any atom is -0.379 e. The molecule has 0 bridgehead atoms. The molecule has 1 aromatic rings. The average Bonchev–Trinajstić information content (AvgIpc) is 2.31. The Hall–Kier alpha value is -0.640. The lowest BCUT2D eigenvalue weighted by Crippen LogP contribution is -2.47. The van der Waals surface area contributed by atoms with Gasteiger partial charge in [0.2, 0.25) is 0 Å². The van der Waals surface area contributed by atoms with Crippen molar-refractivity contribution in [3.63, 3.8) is 0 Å². The average molecular weight is 288 g/mol. The van der Waals surface area contributed by atoms with Crippen molar-refractivity contribution in [2.45, 2.75) is 39.3 Å². The Morgan fingerprint density at radius 1 is 1.37 bits per heavy atom. The van der Waals surface area contributed by atoms with Crippen molar-refractivity contribution >= 4 is 11.6 Å². The predicted molar refractivity (Wildman–Crippen MR) is 78.2 cm³/mol. The van der Waals surface area contributed by atoms with Crippen LogP contribution in [0.25, 0.3) is 0 Å². The molecule has 1 aromatic carbocycles. The van der Waals surface area contributed by atoms with Crippen molar-refractivity contribution in [3.8, 4) is 0 Å². The van der Waals surface area contributed by atoms with E-state index in [1.165, 1.54) is 6.07 Å². The summed E-state index contributed by atoms with van der Waals surface area (Å²) < 4.78 is 19.4. The summed E-state index contributed by atoms with van der Waals surface area (Å²) in [5.41, 5.74) is 0.579. The van der Waals surface area contributed by atoms with Crippen molar-refractivity contribution in [2.75, 3.05) is 14.2 Å². The van der Waals surface area contributed by atoms with Crippen LogP contribution in [0.3, 0.4) is 0 Å². The van der Waals surface area contributed by atoms with E-state index in [2.05, 4.69) is 26.1 Å². The zero-order chi connectivity index (χ0) is 14.6. The molecule has 1 N–H and O–H groups in total. The molecule has 0 aliphatic carbocycles. The standard InChI is InChI=1S/C15H23ClFNO/c1-15(2,3)14(19-5)13(18-4)9-10-8-11(16)6-7-12(10)17/h6-8,13-14,18H,9H2,1-5H3. The molecule has 0 aliphatic heterocycles. The van der Waals surface area contributed by atoms with Gasteiger partial charge >= 0.3 is 0 Å². The summed E-state index contributed by atoms with van der Waals surface area (Å²) in [4.78, 5) is 0. The molecule has 0 heterocycles. The fraction of sp³-hybridized carbons (Fsp3) is 0.600. The lowest BCUT2D eigenvalue weighted by atomic mass is 9.82. The van der Waals surface area contributed by atoms with Gasteiger partial charge < -0.3 is 10.1 Å². The van der Waals surface area contributed by atoms with Crippen LogP contribution in [0.15, 0.2) is 18.2 Å². The molecule has 0 radical (unpaired) electrons. The fourth-order valence-corrected chi connectivity index (χ4v) is 2.61. The predicted octanol–water partition coefficient (Wildman–Crippen LogP) is 3.67. The van der Waals surface area contributed by atoms with Gasteiger partial charge in [0.25, 0.3) is 0 Å². The van der Waals surface area contributed by atoms with Gasteiger partial charge in [-0.3, -0.25) is 0 Å². The first kappa shape index (κ1) is 16.4. The van der Waals surface area contributed by atoms with E-state index in [4.69, 9.17) is 16.3 Å². The second kappa shape index (κ2) is 6.69. The maximum Gasteiger partial charge on any atom is 0.126 e. The third kappa shape index (κ3) is 4.44. The summed E-state index contributed by atoms with van der Waals surface area (Å²) in [6.07, 6.45) is 0.523. The van der Waals surface area contributed by atoms with E-state index in [-0.39, 0.29) is 23.4 Å². The fourth-order valence-electron chi connectivity index (χ4n) is 2.42. The number of hydrogen-bond donors (Lipinski definition) is 1. The van der Waals surface area contributed by atoms with E-state index in [0.717, 1.165) is 0 Å². The normalized spacial score (nSPS) is 15.3. The van der Waals surface area contributed by atoms with Gasteiger partial charge in [-0.2, -0.15) is 0 Å². The second-order valence-corrected chi connectivity index (χ2v) is 6.29. The molecule has 0 aliphatic rings. The van der Waals surface area contributed by atoms with E-state index in [0.29, 0.717) is 17.0 Å². The Kier molecular flexibility index (Phi) is 5.78. The van der Waals surface area contributed by atoms with Gasteiger partial charge in [0.05, 0.1) is 6.10 Å². The van der Waals surface area contributed by atoms with E-state index in [1.807, 2.05) is 7.05 Å². The van der Waals surface area contributed by atoms with Crippen LogP contribution >= 0.6 is 11.6 Å². The lowest BCUT2D eigenvalue weighted by Gasteiger charge is -2.36. The zero-order valence-electron chi connectivity index (χ0n) is 12.3. The topological polar surface area (TPSA) is 21.3 Å². The van der Waals surface area contributed by atoms with Crippen LogP contribution in [0.1, 0.15) is 26.3 Å². The molecule has 0 aromatic heterocycles. The van der Waals surface area contributed by atoms with Crippen molar-refractivity contribution in [1.29, 1.82) is 0 Å². The largest absolute Gasteiger partial charge is 0.379 e. The molecule has 0 spiro atoms. The quantitative estimate of drug-likeness (QED) is 0.892. The smallest absolute Gasteiger partial charge is 0.126 e. The number of halogens is 2. The Morgan fingerprint density at radius 2 is 2.00 bits per heavy atom. The molecule has 0 amide bonds. The van der Waals surface area contributed by atoms with Gasteiger partial charge in [0, 0.05) is 18.2 Å². The summed E-state index contributed by atoms with van der Waals surface area (Å²) in [5, 5.41) is 3.77. The number of ether oxygens (including phenoxy) is 1.